The number of aliphatic hydroxyl groups excluding tert-OH is 2. The Kier molecular flexibility index (Phi) is 6.92. The highest BCUT2D eigenvalue weighted by atomic mass is 16.6. The van der Waals surface area contributed by atoms with Gasteiger partial charge >= 0.3 is 5.97 Å². The third kappa shape index (κ3) is 3.28. The molecule has 11 nitrogen and oxygen atoms in total. The number of nitrogens with zero attached hydrogens (tertiary/aromatic N) is 1. The summed E-state index contributed by atoms with van der Waals surface area (Å²) >= 11 is 0. The molecule has 1 saturated heterocycles. The molecule has 1 aromatic carbocycles. The number of carbonyl (C=O) groups excluding carboxylic acids is 1. The maximum absolute atomic E-state index is 13.6. The van der Waals surface area contributed by atoms with Gasteiger partial charge in [0.05, 0.1) is 30.5 Å². The molecule has 0 aromatic heterocycles. The second-order valence-corrected chi connectivity index (χ2v) is 13.9. The van der Waals surface area contributed by atoms with E-state index in [-0.39, 0.29) is 25.0 Å². The van der Waals surface area contributed by atoms with E-state index in [1.54, 1.807) is 51.7 Å². The van der Waals surface area contributed by atoms with Gasteiger partial charge in [-0.3, -0.25) is 4.90 Å². The summed E-state index contributed by atoms with van der Waals surface area (Å²) < 4.78 is 30.5. The fraction of sp³-hybridized carbons (Fsp3) is 0.781. The van der Waals surface area contributed by atoms with Gasteiger partial charge in [-0.1, -0.05) is 25.1 Å². The van der Waals surface area contributed by atoms with E-state index in [1.807, 2.05) is 0 Å². The lowest BCUT2D eigenvalue weighted by Gasteiger charge is -2.70. The van der Waals surface area contributed by atoms with Gasteiger partial charge in [-0.25, -0.2) is 4.79 Å². The summed E-state index contributed by atoms with van der Waals surface area (Å²) in [5.41, 5.74) is -4.81. The highest BCUT2D eigenvalue weighted by Gasteiger charge is 2.91. The van der Waals surface area contributed by atoms with Crippen molar-refractivity contribution in [1.29, 1.82) is 0 Å². The fourth-order valence-electron chi connectivity index (χ4n) is 11.9. The molecule has 1 aliphatic heterocycles. The number of esters is 1. The molecule has 6 fully saturated rings. The highest BCUT2D eigenvalue weighted by Crippen LogP contribution is 2.80. The van der Waals surface area contributed by atoms with Crippen molar-refractivity contribution < 1.29 is 48.9 Å². The average molecular weight is 604 g/mol. The summed E-state index contributed by atoms with van der Waals surface area (Å²) in [6, 6.07) is 8.25. The molecule has 7 rings (SSSR count). The number of rotatable bonds is 8. The predicted molar refractivity (Wildman–Crippen MR) is 151 cm³/mol. The molecule has 11 unspecified atom stereocenters. The smallest absolute Gasteiger partial charge is 0.338 e. The van der Waals surface area contributed by atoms with Crippen molar-refractivity contribution in [1.82, 2.24) is 4.90 Å². The van der Waals surface area contributed by atoms with Crippen LogP contribution in [-0.2, 0) is 23.7 Å². The summed E-state index contributed by atoms with van der Waals surface area (Å²) in [5.74, 6) is -2.94. The van der Waals surface area contributed by atoms with Crippen LogP contribution in [-0.4, -0.2) is 133 Å². The van der Waals surface area contributed by atoms with E-state index in [0.717, 1.165) is 0 Å². The first-order chi connectivity index (χ1) is 20.6. The topological polar surface area (TPSA) is 147 Å². The van der Waals surface area contributed by atoms with Crippen LogP contribution in [0.3, 0.4) is 0 Å². The van der Waals surface area contributed by atoms with Crippen LogP contribution in [0.4, 0.5) is 0 Å². The number of piperidine rings is 1. The van der Waals surface area contributed by atoms with Crippen molar-refractivity contribution in [2.45, 2.75) is 73.6 Å². The fourth-order valence-corrected chi connectivity index (χ4v) is 11.9. The number of methoxy groups -OCH3 is 4. The molecule has 1 heterocycles. The molecule has 7 bridgehead atoms. The van der Waals surface area contributed by atoms with Crippen molar-refractivity contribution in [3.8, 4) is 0 Å². The van der Waals surface area contributed by atoms with Crippen molar-refractivity contribution in [2.75, 3.05) is 48.1 Å². The second-order valence-electron chi connectivity index (χ2n) is 13.9. The lowest BCUT2D eigenvalue weighted by atomic mass is 9.42. The molecule has 0 radical (unpaired) electrons. The SMILES string of the molecule is CCN1C[C@]2(COC)C(O)CC(OC)[C@@]34C5C[C@]6(O)C(OC)C(O)[C@@](O)(C5C6OC(=O)c5ccccc5)C(C(OC)C23)C14. The number of likely N-dealkylation sites (tertiary alicyclic amines) is 1. The lowest BCUT2D eigenvalue weighted by Crippen LogP contribution is -2.81. The first kappa shape index (κ1) is 30.0. The Labute approximate surface area is 252 Å². The van der Waals surface area contributed by atoms with Crippen LogP contribution < -0.4 is 0 Å². The minimum Gasteiger partial charge on any atom is -0.455 e. The number of carbonyl (C=O) groups is 1. The summed E-state index contributed by atoms with van der Waals surface area (Å²) in [5, 5.41) is 49.7. The van der Waals surface area contributed by atoms with Crippen LogP contribution in [0.15, 0.2) is 30.3 Å². The Hall–Kier alpha value is -1.67. The number of benzene rings is 1. The van der Waals surface area contributed by atoms with Crippen molar-refractivity contribution in [2.24, 2.45) is 34.5 Å². The molecular weight excluding hydrogens is 558 g/mol. The Bertz CT molecular complexity index is 1250. The first-order valence-electron chi connectivity index (χ1n) is 15.5. The summed E-state index contributed by atoms with van der Waals surface area (Å²) in [4.78, 5) is 15.8. The third-order valence-electron chi connectivity index (χ3n) is 12.9. The minimum atomic E-state index is -1.86. The number of hydrogen-bond donors (Lipinski definition) is 4. The second kappa shape index (κ2) is 9.91. The number of hydrogen-bond acceptors (Lipinski definition) is 11. The van der Waals surface area contributed by atoms with Gasteiger partial charge in [0.25, 0.3) is 0 Å². The zero-order valence-corrected chi connectivity index (χ0v) is 25.5. The largest absolute Gasteiger partial charge is 0.455 e. The Balaban J connectivity index is 1.48. The Morgan fingerprint density at radius 1 is 1.00 bits per heavy atom. The molecule has 11 heteroatoms. The number of ether oxygens (including phenoxy) is 5. The van der Waals surface area contributed by atoms with Crippen LogP contribution in [0.25, 0.3) is 0 Å². The summed E-state index contributed by atoms with van der Waals surface area (Å²) in [6.45, 7) is 3.46. The van der Waals surface area contributed by atoms with Gasteiger partial charge in [-0.2, -0.15) is 0 Å². The maximum Gasteiger partial charge on any atom is 0.338 e. The monoisotopic (exact) mass is 603 g/mol. The number of aliphatic hydroxyl groups is 4. The molecular formula is C32H45NO10. The standard InChI is InChI=1S/C32H45NO10/c1-6-33-14-29(15-39-2)18(34)12-19(40-3)31-17-13-30(37)26(43-28(36)16-10-8-7-9-11-16)20(17)32(38,25(35)27(30)42-5)21(24(31)33)22(41-4)23(29)31/h7-11,17-27,34-35,37-38H,6,12-15H2,1-5H3/t17?,18?,19?,20?,21?,22?,23?,24?,25?,26?,27?,29-,30+,31-,32+/m0/s1. The van der Waals surface area contributed by atoms with E-state index in [2.05, 4.69) is 11.8 Å². The van der Waals surface area contributed by atoms with Crippen molar-refractivity contribution >= 4 is 5.97 Å². The predicted octanol–water partition coefficient (Wildman–Crippen LogP) is 0.0773. The first-order valence-corrected chi connectivity index (χ1v) is 15.5. The van der Waals surface area contributed by atoms with Gasteiger partial charge in [0, 0.05) is 76.0 Å². The van der Waals surface area contributed by atoms with E-state index in [1.165, 1.54) is 7.11 Å². The zero-order valence-electron chi connectivity index (χ0n) is 25.5. The van der Waals surface area contributed by atoms with Crippen molar-refractivity contribution in [3.63, 3.8) is 0 Å². The molecule has 238 valence electrons. The van der Waals surface area contributed by atoms with Gasteiger partial charge in [0.2, 0.25) is 0 Å². The molecule has 15 atom stereocenters. The average Bonchev–Trinajstić information content (AvgIpc) is 3.39. The van der Waals surface area contributed by atoms with E-state index in [0.29, 0.717) is 25.1 Å². The van der Waals surface area contributed by atoms with E-state index in [4.69, 9.17) is 23.7 Å². The van der Waals surface area contributed by atoms with Gasteiger partial charge in [0.1, 0.15) is 29.5 Å². The summed E-state index contributed by atoms with van der Waals surface area (Å²) in [6.07, 6.45) is -5.27. The molecule has 0 amide bonds. The van der Waals surface area contributed by atoms with Crippen LogP contribution in [0.1, 0.15) is 30.1 Å². The van der Waals surface area contributed by atoms with Crippen molar-refractivity contribution in [3.05, 3.63) is 35.9 Å². The van der Waals surface area contributed by atoms with Crippen LogP contribution >= 0.6 is 0 Å². The number of fused-ring (bicyclic) bond motifs is 2. The molecule has 5 saturated carbocycles. The van der Waals surface area contributed by atoms with Gasteiger partial charge < -0.3 is 44.1 Å². The molecule has 43 heavy (non-hydrogen) atoms. The molecule has 1 aromatic rings. The van der Waals surface area contributed by atoms with Gasteiger partial charge in [-0.05, 0) is 31.0 Å². The maximum atomic E-state index is 13.6. The van der Waals surface area contributed by atoms with E-state index >= 15 is 0 Å². The van der Waals surface area contributed by atoms with Crippen LogP contribution in [0, 0.1) is 34.5 Å². The zero-order chi connectivity index (χ0) is 30.7. The van der Waals surface area contributed by atoms with Gasteiger partial charge in [-0.15, -0.1) is 0 Å². The minimum absolute atomic E-state index is 0.106. The van der Waals surface area contributed by atoms with E-state index in [9.17, 15) is 25.2 Å². The Morgan fingerprint density at radius 3 is 2.33 bits per heavy atom. The summed E-state index contributed by atoms with van der Waals surface area (Å²) in [7, 11) is 6.29. The van der Waals surface area contributed by atoms with Gasteiger partial charge in [0.15, 0.2) is 0 Å². The normalized spacial score (nSPS) is 52.7. The van der Waals surface area contributed by atoms with E-state index < -0.39 is 82.4 Å². The lowest BCUT2D eigenvalue weighted by molar-refractivity contribution is -0.320. The Morgan fingerprint density at radius 2 is 1.72 bits per heavy atom. The molecule has 6 aliphatic rings. The highest BCUT2D eigenvalue weighted by molar-refractivity contribution is 5.89. The van der Waals surface area contributed by atoms with Crippen LogP contribution in [0.2, 0.25) is 0 Å². The molecule has 4 N–H and O–H groups in total. The van der Waals surface area contributed by atoms with Crippen LogP contribution in [0.5, 0.6) is 0 Å². The quantitative estimate of drug-likeness (QED) is 0.300. The molecule has 1 spiro atoms. The molecule has 5 aliphatic carbocycles. The third-order valence-corrected chi connectivity index (χ3v) is 12.9.